The van der Waals surface area contributed by atoms with Gasteiger partial charge in [-0.2, -0.15) is 0 Å². The maximum Gasteiger partial charge on any atom is 0.350 e. The molecule has 51 heavy (non-hydrogen) atoms. The van der Waals surface area contributed by atoms with Gasteiger partial charge in [0.25, 0.3) is 11.2 Å². The lowest BCUT2D eigenvalue weighted by Crippen LogP contribution is -2.51. The molecule has 5 N–H and O–H groups in total. The van der Waals surface area contributed by atoms with Crippen molar-refractivity contribution in [3.63, 3.8) is 0 Å². The Morgan fingerprint density at radius 3 is 0.941 bits per heavy atom. The van der Waals surface area contributed by atoms with Gasteiger partial charge in [-0.1, -0.05) is 78.6 Å². The minimum atomic E-state index is -2.85. The number of aliphatic hydroxyl groups is 5. The Labute approximate surface area is 299 Å². The number of hydrogen-bond donors (Lipinski definition) is 5. The molecule has 0 heterocycles. The van der Waals surface area contributed by atoms with Gasteiger partial charge >= 0.3 is 35.8 Å². The minimum absolute atomic E-state index is 0.0138. The zero-order chi connectivity index (χ0) is 39.0. The summed E-state index contributed by atoms with van der Waals surface area (Å²) >= 11 is 0. The van der Waals surface area contributed by atoms with E-state index in [1.54, 1.807) is 0 Å². The molecule has 0 fully saturated rings. The van der Waals surface area contributed by atoms with Crippen LogP contribution in [0.5, 0.6) is 0 Å². The number of esters is 6. The second kappa shape index (κ2) is 31.4. The Balaban J connectivity index is 0. The van der Waals surface area contributed by atoms with Gasteiger partial charge in [0.15, 0.2) is 0 Å². The van der Waals surface area contributed by atoms with E-state index in [4.69, 9.17) is 29.5 Å². The summed E-state index contributed by atoms with van der Waals surface area (Å²) in [5.41, 5.74) is -5.63. The average Bonchev–Trinajstić information content (AvgIpc) is 3.11. The molecule has 0 aliphatic heterocycles. The summed E-state index contributed by atoms with van der Waals surface area (Å²) in [5.74, 6) is -7.27. The van der Waals surface area contributed by atoms with Gasteiger partial charge in [-0.15, -0.1) is 0 Å². The molecule has 0 amide bonds. The largest absolute Gasteiger partial charge is 0.466 e. The highest BCUT2D eigenvalue weighted by molar-refractivity contribution is 6.06. The van der Waals surface area contributed by atoms with Gasteiger partial charge in [-0.25, -0.2) is 19.2 Å². The monoisotopic (exact) mass is 740 g/mol. The van der Waals surface area contributed by atoms with Crippen LogP contribution in [0.2, 0.25) is 0 Å². The molecule has 0 aromatic rings. The summed E-state index contributed by atoms with van der Waals surface area (Å²) in [4.78, 5) is 71.7. The van der Waals surface area contributed by atoms with Crippen LogP contribution in [0.3, 0.4) is 0 Å². The molecule has 0 bridgehead atoms. The van der Waals surface area contributed by atoms with E-state index in [1.807, 2.05) is 13.8 Å². The van der Waals surface area contributed by atoms with Crippen molar-refractivity contribution in [3.05, 3.63) is 0 Å². The molecule has 0 saturated heterocycles. The molecular formula is C34H60O17. The van der Waals surface area contributed by atoms with E-state index in [2.05, 4.69) is 21.1 Å². The summed E-state index contributed by atoms with van der Waals surface area (Å²) in [6.45, 7) is 3.64. The Hall–Kier alpha value is -3.38. The summed E-state index contributed by atoms with van der Waals surface area (Å²) in [6, 6.07) is 0. The number of hydrogen-bond acceptors (Lipinski definition) is 17. The molecule has 17 nitrogen and oxygen atoms in total. The Kier molecular flexibility index (Phi) is 30.6. The first kappa shape index (κ1) is 49.7. The van der Waals surface area contributed by atoms with Crippen LogP contribution >= 0.6 is 0 Å². The van der Waals surface area contributed by atoms with Crippen LogP contribution in [0.1, 0.15) is 111 Å². The van der Waals surface area contributed by atoms with Crippen molar-refractivity contribution in [2.75, 3.05) is 59.5 Å². The standard InChI is InChI=1S/C19H34O8.C15H26O9/c1-3-5-7-9-12-25-16(21)15-19(24,18(23)27-14-11-20)17(22)26-13-10-8-6-4-2;1-2-3-4-5-8-23-13(19)15(21,14(20)24-10-7-17)11-12(18)22-9-6-16/h20,24H,3-15H2,1-2H3;16-17,21H,2-11H2,1H3. The van der Waals surface area contributed by atoms with E-state index < -0.39 is 92.9 Å². The molecule has 0 saturated carbocycles. The first-order valence-electron chi connectivity index (χ1n) is 17.6. The number of aliphatic hydroxyl groups excluding tert-OH is 3. The van der Waals surface area contributed by atoms with Crippen molar-refractivity contribution >= 4 is 35.8 Å². The highest BCUT2D eigenvalue weighted by Gasteiger charge is 2.51. The average molecular weight is 741 g/mol. The molecule has 0 aromatic heterocycles. The Morgan fingerprint density at radius 1 is 0.392 bits per heavy atom. The summed E-state index contributed by atoms with van der Waals surface area (Å²) < 4.78 is 28.5. The van der Waals surface area contributed by atoms with E-state index >= 15 is 0 Å². The SMILES string of the molecule is CCCCCCOC(=O)C(O)(CC(=O)OCCO)C(=O)OCCO.CCCCCCOC(=O)CC(O)(C(=O)OCCO)C(=O)OCCCCCC. The van der Waals surface area contributed by atoms with E-state index in [0.29, 0.717) is 19.3 Å². The fourth-order valence-electron chi connectivity index (χ4n) is 3.99. The fraction of sp³-hybridized carbons (Fsp3) is 0.824. The predicted molar refractivity (Wildman–Crippen MR) is 179 cm³/mol. The summed E-state index contributed by atoms with van der Waals surface area (Å²) in [5, 5.41) is 46.7. The van der Waals surface area contributed by atoms with Crippen molar-refractivity contribution in [2.24, 2.45) is 0 Å². The van der Waals surface area contributed by atoms with Gasteiger partial charge in [0.2, 0.25) is 0 Å². The topological polar surface area (TPSA) is 259 Å². The molecule has 0 spiro atoms. The second-order valence-corrected chi connectivity index (χ2v) is 11.4. The smallest absolute Gasteiger partial charge is 0.350 e. The van der Waals surface area contributed by atoms with Crippen LogP contribution in [0.4, 0.5) is 0 Å². The highest BCUT2D eigenvalue weighted by Crippen LogP contribution is 2.19. The third-order valence-electron chi connectivity index (χ3n) is 6.88. The zero-order valence-corrected chi connectivity index (χ0v) is 30.4. The van der Waals surface area contributed by atoms with Crippen LogP contribution in [0, 0.1) is 0 Å². The molecule has 0 aliphatic carbocycles. The summed E-state index contributed by atoms with van der Waals surface area (Å²) in [7, 11) is 0. The van der Waals surface area contributed by atoms with Crippen molar-refractivity contribution in [3.8, 4) is 0 Å². The lowest BCUT2D eigenvalue weighted by molar-refractivity contribution is -0.189. The van der Waals surface area contributed by atoms with Crippen LogP contribution < -0.4 is 0 Å². The molecular weight excluding hydrogens is 680 g/mol. The molecule has 2 unspecified atom stereocenters. The van der Waals surface area contributed by atoms with Crippen LogP contribution in [0.15, 0.2) is 0 Å². The van der Waals surface area contributed by atoms with Crippen molar-refractivity contribution in [1.82, 2.24) is 0 Å². The van der Waals surface area contributed by atoms with Crippen LogP contribution in [-0.2, 0) is 57.2 Å². The minimum Gasteiger partial charge on any atom is -0.466 e. The molecule has 0 rings (SSSR count). The number of carbonyl (C=O) groups is 6. The van der Waals surface area contributed by atoms with Crippen LogP contribution in [0.25, 0.3) is 0 Å². The Morgan fingerprint density at radius 2 is 0.647 bits per heavy atom. The van der Waals surface area contributed by atoms with Gasteiger partial charge < -0.3 is 54.0 Å². The van der Waals surface area contributed by atoms with Crippen LogP contribution in [-0.4, -0.2) is 132 Å². The van der Waals surface area contributed by atoms with Crippen molar-refractivity contribution < 1.29 is 82.7 Å². The quantitative estimate of drug-likeness (QED) is 0.0312. The lowest BCUT2D eigenvalue weighted by Gasteiger charge is -2.23. The van der Waals surface area contributed by atoms with Gasteiger partial charge in [-0.05, 0) is 19.3 Å². The maximum absolute atomic E-state index is 12.2. The van der Waals surface area contributed by atoms with Gasteiger partial charge in [-0.3, -0.25) is 9.59 Å². The van der Waals surface area contributed by atoms with E-state index in [1.165, 1.54) is 0 Å². The number of carbonyl (C=O) groups excluding carboxylic acids is 6. The van der Waals surface area contributed by atoms with Gasteiger partial charge in [0.1, 0.15) is 19.8 Å². The molecule has 0 aliphatic rings. The molecule has 2 atom stereocenters. The first-order chi connectivity index (χ1) is 24.3. The van der Waals surface area contributed by atoms with Gasteiger partial charge in [0.05, 0.1) is 52.5 Å². The van der Waals surface area contributed by atoms with Crippen molar-refractivity contribution in [2.45, 2.75) is 122 Å². The number of ether oxygens (including phenoxy) is 6. The molecule has 298 valence electrons. The normalized spacial score (nSPS) is 12.9. The first-order valence-corrected chi connectivity index (χ1v) is 17.6. The predicted octanol–water partition coefficient (Wildman–Crippen LogP) is 1.19. The third kappa shape index (κ3) is 22.9. The molecule has 17 heteroatoms. The van der Waals surface area contributed by atoms with Crippen molar-refractivity contribution in [1.29, 1.82) is 0 Å². The highest BCUT2D eigenvalue weighted by atomic mass is 16.6. The number of unbranched alkanes of at least 4 members (excludes halogenated alkanes) is 9. The third-order valence-corrected chi connectivity index (χ3v) is 6.88. The Bertz CT molecular complexity index is 988. The second-order valence-electron chi connectivity index (χ2n) is 11.4. The maximum atomic E-state index is 12.2. The van der Waals surface area contributed by atoms with Gasteiger partial charge in [0, 0.05) is 0 Å². The van der Waals surface area contributed by atoms with E-state index in [0.717, 1.165) is 57.8 Å². The number of rotatable bonds is 29. The fourth-order valence-corrected chi connectivity index (χ4v) is 3.99. The van der Waals surface area contributed by atoms with E-state index in [9.17, 15) is 39.0 Å². The molecule has 0 radical (unpaired) electrons. The zero-order valence-electron chi connectivity index (χ0n) is 30.4. The summed E-state index contributed by atoms with van der Waals surface area (Å²) in [6.07, 6.45) is 8.43. The van der Waals surface area contributed by atoms with E-state index in [-0.39, 0.29) is 26.4 Å². The molecule has 0 aromatic carbocycles. The lowest BCUT2D eigenvalue weighted by atomic mass is 10.00.